The van der Waals surface area contributed by atoms with Crippen molar-refractivity contribution in [3.8, 4) is 5.75 Å². The summed E-state index contributed by atoms with van der Waals surface area (Å²) in [6, 6.07) is 19.0. The Morgan fingerprint density at radius 3 is 2.23 bits per heavy atom. The highest BCUT2D eigenvalue weighted by molar-refractivity contribution is 6.30. The third kappa shape index (κ3) is 3.65. The standard InChI is InChI=1S/C25H19NO4/c1-2-30-17-13-10-16(11-14-17)12-15-22(27)26-21-9-5-8-20-23(21)25(29)19-7-4-3-6-18(19)24(20)28/h3-15H,2H2,1H3,(H,26,27)/b15-12+. The van der Waals surface area contributed by atoms with Crippen LogP contribution in [0.1, 0.15) is 44.3 Å². The minimum absolute atomic E-state index is 0.221. The second-order valence-corrected chi connectivity index (χ2v) is 6.76. The molecule has 30 heavy (non-hydrogen) atoms. The van der Waals surface area contributed by atoms with Crippen molar-refractivity contribution < 1.29 is 19.1 Å². The van der Waals surface area contributed by atoms with E-state index in [2.05, 4.69) is 5.32 Å². The van der Waals surface area contributed by atoms with Crippen LogP contribution in [0.4, 0.5) is 5.69 Å². The molecule has 3 aromatic carbocycles. The van der Waals surface area contributed by atoms with Gasteiger partial charge in [-0.3, -0.25) is 14.4 Å². The zero-order chi connectivity index (χ0) is 21.1. The van der Waals surface area contributed by atoms with Crippen LogP contribution in [0.5, 0.6) is 5.75 Å². The fourth-order valence-corrected chi connectivity index (χ4v) is 3.44. The van der Waals surface area contributed by atoms with Crippen LogP contribution in [0.3, 0.4) is 0 Å². The lowest BCUT2D eigenvalue weighted by atomic mass is 9.83. The van der Waals surface area contributed by atoms with Gasteiger partial charge < -0.3 is 10.1 Å². The quantitative estimate of drug-likeness (QED) is 0.503. The molecule has 0 unspecified atom stereocenters. The van der Waals surface area contributed by atoms with Crippen molar-refractivity contribution in [1.29, 1.82) is 0 Å². The first-order chi connectivity index (χ1) is 14.6. The molecule has 3 aromatic rings. The molecule has 1 N–H and O–H groups in total. The van der Waals surface area contributed by atoms with Gasteiger partial charge in [-0.2, -0.15) is 0 Å². The first-order valence-electron chi connectivity index (χ1n) is 9.62. The van der Waals surface area contributed by atoms with E-state index >= 15 is 0 Å². The third-order valence-corrected chi connectivity index (χ3v) is 4.83. The average molecular weight is 397 g/mol. The summed E-state index contributed by atoms with van der Waals surface area (Å²) in [5.74, 6) is -0.123. The molecule has 1 aliphatic carbocycles. The Balaban J connectivity index is 1.57. The number of carbonyl (C=O) groups is 3. The number of ether oxygens (including phenoxy) is 1. The number of amides is 1. The van der Waals surface area contributed by atoms with Crippen molar-refractivity contribution in [1.82, 2.24) is 0 Å². The van der Waals surface area contributed by atoms with Crippen LogP contribution >= 0.6 is 0 Å². The fraction of sp³-hybridized carbons (Fsp3) is 0.0800. The molecule has 0 heterocycles. The normalized spacial score (nSPS) is 12.4. The molecule has 0 spiro atoms. The van der Waals surface area contributed by atoms with Crippen LogP contribution in [-0.2, 0) is 4.79 Å². The molecule has 0 saturated heterocycles. The van der Waals surface area contributed by atoms with E-state index in [1.807, 2.05) is 31.2 Å². The van der Waals surface area contributed by atoms with Gasteiger partial charge in [-0.25, -0.2) is 0 Å². The highest BCUT2D eigenvalue weighted by Crippen LogP contribution is 2.31. The lowest BCUT2D eigenvalue weighted by Gasteiger charge is -2.20. The molecule has 0 radical (unpaired) electrons. The van der Waals surface area contributed by atoms with Crippen LogP contribution in [0, 0.1) is 0 Å². The number of rotatable bonds is 5. The zero-order valence-electron chi connectivity index (χ0n) is 16.3. The van der Waals surface area contributed by atoms with Gasteiger partial charge in [-0.05, 0) is 36.8 Å². The second kappa shape index (κ2) is 8.17. The van der Waals surface area contributed by atoms with Crippen LogP contribution in [0.25, 0.3) is 6.08 Å². The molecule has 0 atom stereocenters. The van der Waals surface area contributed by atoms with Gasteiger partial charge in [-0.1, -0.05) is 48.5 Å². The predicted octanol–water partition coefficient (Wildman–Crippen LogP) is 4.51. The zero-order valence-corrected chi connectivity index (χ0v) is 16.3. The smallest absolute Gasteiger partial charge is 0.248 e. The van der Waals surface area contributed by atoms with Crippen molar-refractivity contribution in [2.24, 2.45) is 0 Å². The van der Waals surface area contributed by atoms with Gasteiger partial charge >= 0.3 is 0 Å². The van der Waals surface area contributed by atoms with Gasteiger partial charge in [0.2, 0.25) is 5.91 Å². The van der Waals surface area contributed by atoms with Gasteiger partial charge in [0, 0.05) is 22.8 Å². The summed E-state index contributed by atoms with van der Waals surface area (Å²) in [6.07, 6.45) is 3.06. The summed E-state index contributed by atoms with van der Waals surface area (Å²) in [5.41, 5.74) is 2.41. The van der Waals surface area contributed by atoms with Gasteiger partial charge in [0.15, 0.2) is 11.6 Å². The van der Waals surface area contributed by atoms with Crippen molar-refractivity contribution in [2.45, 2.75) is 6.92 Å². The van der Waals surface area contributed by atoms with Crippen LogP contribution in [-0.4, -0.2) is 24.1 Å². The van der Waals surface area contributed by atoms with E-state index in [9.17, 15) is 14.4 Å². The first kappa shape index (κ1) is 19.3. The molecule has 0 aliphatic heterocycles. The maximum Gasteiger partial charge on any atom is 0.248 e. The maximum absolute atomic E-state index is 13.0. The minimum Gasteiger partial charge on any atom is -0.494 e. The van der Waals surface area contributed by atoms with Crippen molar-refractivity contribution >= 4 is 29.2 Å². The molecule has 5 nitrogen and oxygen atoms in total. The number of nitrogens with one attached hydrogen (secondary N) is 1. The van der Waals surface area contributed by atoms with E-state index in [0.29, 0.717) is 29.0 Å². The molecule has 1 amide bonds. The highest BCUT2D eigenvalue weighted by Gasteiger charge is 2.31. The molecular formula is C25H19NO4. The number of fused-ring (bicyclic) bond motifs is 2. The summed E-state index contributed by atoms with van der Waals surface area (Å²) >= 11 is 0. The molecule has 5 heteroatoms. The highest BCUT2D eigenvalue weighted by atomic mass is 16.5. The summed E-state index contributed by atoms with van der Waals surface area (Å²) < 4.78 is 5.40. The number of ketones is 2. The van der Waals surface area contributed by atoms with E-state index in [0.717, 1.165) is 11.3 Å². The molecule has 4 rings (SSSR count). The largest absolute Gasteiger partial charge is 0.494 e. The Bertz CT molecular complexity index is 1180. The Morgan fingerprint density at radius 1 is 0.867 bits per heavy atom. The van der Waals surface area contributed by atoms with E-state index in [1.54, 1.807) is 48.5 Å². The Morgan fingerprint density at radius 2 is 1.53 bits per heavy atom. The van der Waals surface area contributed by atoms with Crippen molar-refractivity contribution in [3.63, 3.8) is 0 Å². The molecule has 0 saturated carbocycles. The van der Waals surface area contributed by atoms with E-state index in [1.165, 1.54) is 6.08 Å². The molecular weight excluding hydrogens is 378 g/mol. The number of anilines is 1. The van der Waals surface area contributed by atoms with Crippen molar-refractivity contribution in [3.05, 3.63) is 101 Å². The first-order valence-corrected chi connectivity index (χ1v) is 9.62. The molecule has 0 fully saturated rings. The molecule has 148 valence electrons. The average Bonchev–Trinajstić information content (AvgIpc) is 2.77. The molecule has 0 aromatic heterocycles. The lowest BCUT2D eigenvalue weighted by Crippen LogP contribution is -2.23. The predicted molar refractivity (Wildman–Crippen MR) is 115 cm³/mol. The van der Waals surface area contributed by atoms with E-state index < -0.39 is 5.91 Å². The number of hydrogen-bond donors (Lipinski definition) is 1. The SMILES string of the molecule is CCOc1ccc(/C=C/C(=O)Nc2cccc3c2C(=O)c2ccccc2C3=O)cc1. The monoisotopic (exact) mass is 397 g/mol. The van der Waals surface area contributed by atoms with Gasteiger partial charge in [-0.15, -0.1) is 0 Å². The van der Waals surface area contributed by atoms with E-state index in [-0.39, 0.29) is 17.1 Å². The topological polar surface area (TPSA) is 72.5 Å². The third-order valence-electron chi connectivity index (χ3n) is 4.83. The van der Waals surface area contributed by atoms with Crippen LogP contribution in [0.15, 0.2) is 72.8 Å². The Kier molecular flexibility index (Phi) is 5.26. The number of benzene rings is 3. The minimum atomic E-state index is -0.392. The number of carbonyl (C=O) groups excluding carboxylic acids is 3. The van der Waals surface area contributed by atoms with Crippen LogP contribution < -0.4 is 10.1 Å². The van der Waals surface area contributed by atoms with E-state index in [4.69, 9.17) is 4.74 Å². The van der Waals surface area contributed by atoms with Gasteiger partial charge in [0.25, 0.3) is 0 Å². The summed E-state index contributed by atoms with van der Waals surface area (Å²) in [5, 5.41) is 2.73. The Hall–Kier alpha value is -3.99. The lowest BCUT2D eigenvalue weighted by molar-refractivity contribution is -0.111. The maximum atomic E-state index is 13.0. The molecule has 0 bridgehead atoms. The van der Waals surface area contributed by atoms with Gasteiger partial charge in [0.05, 0.1) is 17.9 Å². The van der Waals surface area contributed by atoms with Crippen LogP contribution in [0.2, 0.25) is 0 Å². The fourth-order valence-electron chi connectivity index (χ4n) is 3.44. The summed E-state index contributed by atoms with van der Waals surface area (Å²) in [4.78, 5) is 38.2. The second-order valence-electron chi connectivity index (χ2n) is 6.76. The molecule has 1 aliphatic rings. The summed E-state index contributed by atoms with van der Waals surface area (Å²) in [7, 11) is 0. The Labute approximate surface area is 174 Å². The number of hydrogen-bond acceptors (Lipinski definition) is 4. The van der Waals surface area contributed by atoms with Gasteiger partial charge in [0.1, 0.15) is 5.75 Å². The summed E-state index contributed by atoms with van der Waals surface area (Å²) in [6.45, 7) is 2.50. The van der Waals surface area contributed by atoms with Crippen molar-refractivity contribution in [2.75, 3.05) is 11.9 Å².